The number of rotatable bonds is 4. The lowest BCUT2D eigenvalue weighted by Crippen LogP contribution is -2.30. The molecule has 0 saturated heterocycles. The number of nitrogens with one attached hydrogen (secondary N) is 3. The fourth-order valence-electron chi connectivity index (χ4n) is 2.76. The van der Waals surface area contributed by atoms with Gasteiger partial charge in [-0.2, -0.15) is 0 Å². The Morgan fingerprint density at radius 3 is 2.37 bits per heavy atom. The summed E-state index contributed by atoms with van der Waals surface area (Å²) in [5.74, 6) is -0.535. The first-order valence-electron chi connectivity index (χ1n) is 8.52. The topological polar surface area (TPSA) is 95.5 Å². The third-order valence-corrected chi connectivity index (χ3v) is 5.21. The summed E-state index contributed by atoms with van der Waals surface area (Å²) >= 11 is 6.56. The van der Waals surface area contributed by atoms with Gasteiger partial charge in [0.25, 0.3) is 17.4 Å². The summed E-state index contributed by atoms with van der Waals surface area (Å²) in [5, 5.41) is 6.03. The number of benzene rings is 1. The highest BCUT2D eigenvalue weighted by atomic mass is 32.1. The third-order valence-electron chi connectivity index (χ3n) is 3.83. The predicted octanol–water partition coefficient (Wildman–Crippen LogP) is 2.85. The fraction of sp³-hybridized carbons (Fsp3) is 0.333. The van der Waals surface area contributed by atoms with Crippen LogP contribution in [0.5, 0.6) is 0 Å². The minimum atomic E-state index is -0.341. The second kappa shape index (κ2) is 7.24. The Labute approximate surface area is 164 Å². The molecular formula is C18H20N4O3S2. The van der Waals surface area contributed by atoms with E-state index in [0.29, 0.717) is 30.9 Å². The van der Waals surface area contributed by atoms with Crippen molar-refractivity contribution < 1.29 is 9.59 Å². The largest absolute Gasteiger partial charge is 0.350 e. The van der Waals surface area contributed by atoms with Gasteiger partial charge in [-0.15, -0.1) is 0 Å². The average molecular weight is 405 g/mol. The van der Waals surface area contributed by atoms with E-state index < -0.39 is 0 Å². The van der Waals surface area contributed by atoms with Gasteiger partial charge in [-0.1, -0.05) is 11.3 Å². The second-order valence-electron chi connectivity index (χ2n) is 6.82. The van der Waals surface area contributed by atoms with Gasteiger partial charge in [-0.3, -0.25) is 18.8 Å². The Morgan fingerprint density at radius 2 is 1.74 bits per heavy atom. The molecule has 0 aliphatic rings. The van der Waals surface area contributed by atoms with E-state index in [-0.39, 0.29) is 29.5 Å². The highest BCUT2D eigenvalue weighted by molar-refractivity contribution is 7.73. The van der Waals surface area contributed by atoms with Crippen LogP contribution in [0.3, 0.4) is 0 Å². The summed E-state index contributed by atoms with van der Waals surface area (Å²) < 4.78 is 2.06. The predicted molar refractivity (Wildman–Crippen MR) is 109 cm³/mol. The lowest BCUT2D eigenvalue weighted by Gasteiger charge is -2.10. The summed E-state index contributed by atoms with van der Waals surface area (Å²) in [6, 6.07) is 4.76. The molecule has 0 aliphatic carbocycles. The average Bonchev–Trinajstić information content (AvgIpc) is 2.90. The zero-order valence-electron chi connectivity index (χ0n) is 15.4. The van der Waals surface area contributed by atoms with E-state index in [1.54, 1.807) is 22.6 Å². The molecule has 9 heteroatoms. The molecule has 2 aromatic heterocycles. The molecule has 0 fully saturated rings. The van der Waals surface area contributed by atoms with Gasteiger partial charge in [0, 0.05) is 17.6 Å². The molecule has 0 atom stereocenters. The molecule has 7 nitrogen and oxygen atoms in total. The summed E-state index contributed by atoms with van der Waals surface area (Å²) in [5.41, 5.74) is 0.911. The Balaban J connectivity index is 2.27. The molecule has 3 aromatic rings. The molecule has 142 valence electrons. The van der Waals surface area contributed by atoms with Gasteiger partial charge in [-0.25, -0.2) is 0 Å². The summed E-state index contributed by atoms with van der Waals surface area (Å²) in [6.07, 6.45) is 0. The number of hydrogen-bond acceptors (Lipinski definition) is 5. The lowest BCUT2D eigenvalue weighted by atomic mass is 10.1. The fourth-order valence-corrected chi connectivity index (χ4v) is 4.04. The second-order valence-corrected chi connectivity index (χ2v) is 8.47. The smallest absolute Gasteiger partial charge is 0.265 e. The maximum atomic E-state index is 12.5. The van der Waals surface area contributed by atoms with Gasteiger partial charge >= 0.3 is 0 Å². The lowest BCUT2D eigenvalue weighted by molar-refractivity contribution is 0.0936. The van der Waals surface area contributed by atoms with Gasteiger partial charge in [-0.05, 0) is 58.1 Å². The van der Waals surface area contributed by atoms with Crippen molar-refractivity contribution in [2.24, 2.45) is 0 Å². The summed E-state index contributed by atoms with van der Waals surface area (Å²) in [6.45, 7) is 7.45. The van der Waals surface area contributed by atoms with Gasteiger partial charge in [0.2, 0.25) is 0 Å². The van der Waals surface area contributed by atoms with Crippen molar-refractivity contribution >= 4 is 51.9 Å². The molecule has 0 spiro atoms. The highest BCUT2D eigenvalue weighted by Crippen LogP contribution is 2.23. The number of aromatic nitrogens is 2. The molecule has 27 heavy (non-hydrogen) atoms. The van der Waals surface area contributed by atoms with Crippen LogP contribution in [-0.2, 0) is 0 Å². The van der Waals surface area contributed by atoms with E-state index in [1.807, 2.05) is 27.7 Å². The number of fused-ring (bicyclic) bond motifs is 3. The van der Waals surface area contributed by atoms with Crippen molar-refractivity contribution in [2.75, 3.05) is 0 Å². The van der Waals surface area contributed by atoms with E-state index in [0.717, 1.165) is 11.3 Å². The van der Waals surface area contributed by atoms with Gasteiger partial charge < -0.3 is 15.6 Å². The summed E-state index contributed by atoms with van der Waals surface area (Å²) in [4.78, 5) is 40.4. The normalized spacial score (nSPS) is 11.5. The summed E-state index contributed by atoms with van der Waals surface area (Å²) in [7, 11) is 0. The number of carbonyl (C=O) groups is 2. The number of aromatic amines is 1. The standard InChI is InChI=1S/C18H20N4O3S2/c1-8(2)19-15(23)10-5-6-11-12(7-10)22-14(21-16(11)24)13(27-18(22)26)17(25)20-9(3)4/h5-9H,1-4H3,(H,19,23)(H,20,25)(H,21,24). The monoisotopic (exact) mass is 404 g/mol. The first-order valence-corrected chi connectivity index (χ1v) is 9.75. The molecule has 0 aliphatic heterocycles. The maximum Gasteiger partial charge on any atom is 0.265 e. The minimum absolute atomic E-state index is 0.0120. The first kappa shape index (κ1) is 19.2. The van der Waals surface area contributed by atoms with E-state index in [2.05, 4.69) is 15.6 Å². The van der Waals surface area contributed by atoms with Gasteiger partial charge in [0.05, 0.1) is 10.9 Å². The Kier molecular flexibility index (Phi) is 5.16. The van der Waals surface area contributed by atoms with Crippen LogP contribution in [0.2, 0.25) is 0 Å². The third kappa shape index (κ3) is 3.65. The number of carbonyl (C=O) groups excluding carboxylic acids is 2. The molecule has 1 aromatic carbocycles. The molecule has 0 bridgehead atoms. The number of thiazole rings is 1. The number of H-pyrrole nitrogens is 1. The van der Waals surface area contributed by atoms with Crippen molar-refractivity contribution in [3.63, 3.8) is 0 Å². The molecule has 2 heterocycles. The van der Waals surface area contributed by atoms with Gasteiger partial charge in [0.15, 0.2) is 3.95 Å². The number of amides is 2. The first-order chi connectivity index (χ1) is 12.7. The quantitative estimate of drug-likeness (QED) is 0.583. The highest BCUT2D eigenvalue weighted by Gasteiger charge is 2.19. The van der Waals surface area contributed by atoms with Crippen LogP contribution in [0.4, 0.5) is 0 Å². The molecule has 2 amide bonds. The molecule has 0 radical (unpaired) electrons. The SMILES string of the molecule is CC(C)NC(=O)c1ccc2c(=O)[nH]c3c(C(=O)NC(C)C)sc(=S)n3c2c1. The van der Waals surface area contributed by atoms with Crippen molar-refractivity contribution in [2.45, 2.75) is 39.8 Å². The molecule has 0 unspecified atom stereocenters. The van der Waals surface area contributed by atoms with E-state index in [4.69, 9.17) is 12.2 Å². The van der Waals surface area contributed by atoms with E-state index in [9.17, 15) is 14.4 Å². The maximum absolute atomic E-state index is 12.5. The molecule has 3 rings (SSSR count). The van der Waals surface area contributed by atoms with Crippen molar-refractivity contribution in [1.29, 1.82) is 0 Å². The van der Waals surface area contributed by atoms with Crippen molar-refractivity contribution in [1.82, 2.24) is 20.0 Å². The Bertz CT molecular complexity index is 1170. The van der Waals surface area contributed by atoms with E-state index in [1.165, 1.54) is 0 Å². The molecule has 0 saturated carbocycles. The number of nitrogens with zero attached hydrogens (tertiary/aromatic N) is 1. The molecule has 3 N–H and O–H groups in total. The van der Waals surface area contributed by atoms with Crippen LogP contribution in [0.15, 0.2) is 23.0 Å². The van der Waals surface area contributed by atoms with Crippen LogP contribution in [0, 0.1) is 3.95 Å². The van der Waals surface area contributed by atoms with Gasteiger partial charge in [0.1, 0.15) is 10.5 Å². The Morgan fingerprint density at radius 1 is 1.11 bits per heavy atom. The number of hydrogen-bond donors (Lipinski definition) is 3. The van der Waals surface area contributed by atoms with E-state index >= 15 is 0 Å². The van der Waals surface area contributed by atoms with Crippen LogP contribution < -0.4 is 16.2 Å². The molecular weight excluding hydrogens is 384 g/mol. The van der Waals surface area contributed by atoms with Crippen LogP contribution >= 0.6 is 23.6 Å². The zero-order chi connectivity index (χ0) is 19.9. The van der Waals surface area contributed by atoms with Crippen molar-refractivity contribution in [3.8, 4) is 0 Å². The van der Waals surface area contributed by atoms with Crippen LogP contribution in [-0.4, -0.2) is 33.3 Å². The Hall–Kier alpha value is -2.52. The van der Waals surface area contributed by atoms with Crippen LogP contribution in [0.1, 0.15) is 47.7 Å². The van der Waals surface area contributed by atoms with Crippen molar-refractivity contribution in [3.05, 3.63) is 42.9 Å². The zero-order valence-corrected chi connectivity index (χ0v) is 17.0. The minimum Gasteiger partial charge on any atom is -0.350 e. The van der Waals surface area contributed by atoms with Crippen LogP contribution in [0.25, 0.3) is 16.6 Å².